The highest BCUT2D eigenvalue weighted by Crippen LogP contribution is 2.27. The Morgan fingerprint density at radius 2 is 2.28 bits per heavy atom. The topological polar surface area (TPSA) is 82.0 Å². The highest BCUT2D eigenvalue weighted by molar-refractivity contribution is 9.10. The van der Waals surface area contributed by atoms with Crippen molar-refractivity contribution < 1.29 is 9.21 Å². The molecule has 1 amide bonds. The van der Waals surface area contributed by atoms with Crippen LogP contribution in [0.4, 0.5) is 0 Å². The fourth-order valence-electron chi connectivity index (χ4n) is 1.20. The molecule has 0 saturated carbocycles. The van der Waals surface area contributed by atoms with Crippen LogP contribution >= 0.6 is 27.7 Å². The van der Waals surface area contributed by atoms with Gasteiger partial charge in [-0.15, -0.1) is 10.2 Å². The van der Waals surface area contributed by atoms with Crippen LogP contribution in [0.25, 0.3) is 11.5 Å². The zero-order valence-electron chi connectivity index (χ0n) is 9.46. The van der Waals surface area contributed by atoms with Gasteiger partial charge in [-0.1, -0.05) is 33.8 Å². The summed E-state index contributed by atoms with van der Waals surface area (Å²) >= 11 is 4.51. The predicted octanol–water partition coefficient (Wildman–Crippen LogP) is 2.47. The molecule has 0 unspecified atom stereocenters. The van der Waals surface area contributed by atoms with Gasteiger partial charge in [-0.25, -0.2) is 0 Å². The minimum absolute atomic E-state index is 0.330. The smallest absolute Gasteiger partial charge is 0.277 e. The van der Waals surface area contributed by atoms with E-state index >= 15 is 0 Å². The lowest BCUT2D eigenvalue weighted by Crippen LogP contribution is -2.22. The summed E-state index contributed by atoms with van der Waals surface area (Å²) in [5, 5.41) is 7.73. The average Bonchev–Trinajstić information content (AvgIpc) is 2.77. The molecular formula is C11H10BrN3O2S. The van der Waals surface area contributed by atoms with Crippen LogP contribution in [-0.2, 0) is 4.79 Å². The first kappa shape index (κ1) is 13.1. The highest BCUT2D eigenvalue weighted by atomic mass is 79.9. The van der Waals surface area contributed by atoms with E-state index in [9.17, 15) is 4.79 Å². The molecule has 0 aliphatic heterocycles. The van der Waals surface area contributed by atoms with Gasteiger partial charge in [0.05, 0.1) is 5.25 Å². The molecule has 0 spiro atoms. The quantitative estimate of drug-likeness (QED) is 0.872. The molecule has 1 heterocycles. The number of hydrogen-bond acceptors (Lipinski definition) is 5. The fourth-order valence-corrected chi connectivity index (χ4v) is 2.24. The van der Waals surface area contributed by atoms with E-state index in [0.717, 1.165) is 21.8 Å². The lowest BCUT2D eigenvalue weighted by Gasteiger charge is -2.01. The van der Waals surface area contributed by atoms with Gasteiger partial charge in [0.2, 0.25) is 11.8 Å². The molecule has 2 aromatic rings. The lowest BCUT2D eigenvalue weighted by molar-refractivity contribution is -0.117. The Balaban J connectivity index is 2.18. The van der Waals surface area contributed by atoms with Crippen molar-refractivity contribution in [3.05, 3.63) is 28.7 Å². The molecule has 0 aliphatic rings. The summed E-state index contributed by atoms with van der Waals surface area (Å²) in [4.78, 5) is 10.9. The van der Waals surface area contributed by atoms with Gasteiger partial charge >= 0.3 is 0 Å². The van der Waals surface area contributed by atoms with Crippen LogP contribution in [0.15, 0.2) is 38.4 Å². The molecule has 18 heavy (non-hydrogen) atoms. The maximum absolute atomic E-state index is 10.9. The summed E-state index contributed by atoms with van der Waals surface area (Å²) in [6.45, 7) is 1.69. The summed E-state index contributed by atoms with van der Waals surface area (Å²) in [7, 11) is 0. The summed E-state index contributed by atoms with van der Waals surface area (Å²) < 4.78 is 6.39. The minimum atomic E-state index is -0.415. The SMILES string of the molecule is C[C@H](Sc1nnc(-c2cccc(Br)c2)o1)C(N)=O. The van der Waals surface area contributed by atoms with Crippen molar-refractivity contribution in [3.63, 3.8) is 0 Å². The third kappa shape index (κ3) is 3.11. The summed E-state index contributed by atoms with van der Waals surface area (Å²) in [5.74, 6) is -0.00215. The zero-order chi connectivity index (χ0) is 13.1. The molecule has 5 nitrogen and oxygen atoms in total. The number of nitrogens with zero attached hydrogens (tertiary/aromatic N) is 2. The normalized spacial score (nSPS) is 12.3. The van der Waals surface area contributed by atoms with Gasteiger partial charge in [0.15, 0.2) is 0 Å². The van der Waals surface area contributed by atoms with Gasteiger partial charge < -0.3 is 10.2 Å². The maximum Gasteiger partial charge on any atom is 0.277 e. The van der Waals surface area contributed by atoms with Crippen LogP contribution in [0.5, 0.6) is 0 Å². The van der Waals surface area contributed by atoms with Crippen LogP contribution < -0.4 is 5.73 Å². The standard InChI is InChI=1S/C11H10BrN3O2S/c1-6(9(13)16)18-11-15-14-10(17-11)7-3-2-4-8(12)5-7/h2-6H,1H3,(H2,13,16)/t6-/m0/s1. The molecule has 0 aliphatic carbocycles. The van der Waals surface area contributed by atoms with Crippen molar-refractivity contribution in [2.24, 2.45) is 5.73 Å². The Hall–Kier alpha value is -1.34. The van der Waals surface area contributed by atoms with Gasteiger partial charge in [-0.2, -0.15) is 0 Å². The average molecular weight is 328 g/mol. The third-order valence-electron chi connectivity index (χ3n) is 2.16. The summed E-state index contributed by atoms with van der Waals surface area (Å²) in [5.41, 5.74) is 5.98. The largest absolute Gasteiger partial charge is 0.411 e. The van der Waals surface area contributed by atoms with E-state index in [1.54, 1.807) is 6.92 Å². The van der Waals surface area contributed by atoms with E-state index < -0.39 is 11.2 Å². The number of halogens is 1. The first-order valence-corrected chi connectivity index (χ1v) is 6.79. The molecule has 1 aromatic heterocycles. The second-order valence-corrected chi connectivity index (χ2v) is 5.75. The van der Waals surface area contributed by atoms with Crippen LogP contribution in [0.3, 0.4) is 0 Å². The molecule has 0 fully saturated rings. The van der Waals surface area contributed by atoms with Crippen molar-refractivity contribution in [3.8, 4) is 11.5 Å². The second kappa shape index (κ2) is 5.53. The molecule has 1 atom stereocenters. The van der Waals surface area contributed by atoms with Crippen molar-refractivity contribution in [1.29, 1.82) is 0 Å². The fraction of sp³-hybridized carbons (Fsp3) is 0.182. The Bertz CT molecular complexity index is 573. The Morgan fingerprint density at radius 1 is 1.50 bits per heavy atom. The number of rotatable bonds is 4. The van der Waals surface area contributed by atoms with Crippen molar-refractivity contribution in [1.82, 2.24) is 10.2 Å². The molecule has 1 aromatic carbocycles. The number of benzene rings is 1. The minimum Gasteiger partial charge on any atom is -0.411 e. The van der Waals surface area contributed by atoms with Gasteiger partial charge in [0.25, 0.3) is 5.22 Å². The van der Waals surface area contributed by atoms with E-state index in [2.05, 4.69) is 26.1 Å². The molecule has 0 bridgehead atoms. The van der Waals surface area contributed by atoms with E-state index in [0.29, 0.717) is 11.1 Å². The molecule has 94 valence electrons. The zero-order valence-corrected chi connectivity index (χ0v) is 11.9. The first-order chi connectivity index (χ1) is 8.56. The monoisotopic (exact) mass is 327 g/mol. The van der Waals surface area contributed by atoms with Gasteiger partial charge in [-0.3, -0.25) is 4.79 Å². The number of primary amides is 1. The number of amides is 1. The van der Waals surface area contributed by atoms with Gasteiger partial charge in [0.1, 0.15) is 0 Å². The van der Waals surface area contributed by atoms with Crippen LogP contribution in [-0.4, -0.2) is 21.4 Å². The highest BCUT2D eigenvalue weighted by Gasteiger charge is 2.16. The number of carbonyl (C=O) groups is 1. The Morgan fingerprint density at radius 3 is 2.94 bits per heavy atom. The lowest BCUT2D eigenvalue weighted by atomic mass is 10.2. The van der Waals surface area contributed by atoms with Crippen molar-refractivity contribution in [2.45, 2.75) is 17.4 Å². The molecule has 2 N–H and O–H groups in total. The number of aromatic nitrogens is 2. The van der Waals surface area contributed by atoms with E-state index in [4.69, 9.17) is 10.2 Å². The second-order valence-electron chi connectivity index (χ2n) is 3.55. The van der Waals surface area contributed by atoms with Crippen LogP contribution in [0.1, 0.15) is 6.92 Å². The van der Waals surface area contributed by atoms with Gasteiger partial charge in [0, 0.05) is 10.0 Å². The number of carbonyl (C=O) groups excluding carboxylic acids is 1. The van der Waals surface area contributed by atoms with E-state index in [-0.39, 0.29) is 0 Å². The first-order valence-electron chi connectivity index (χ1n) is 5.11. The number of nitrogens with two attached hydrogens (primary N) is 1. The van der Waals surface area contributed by atoms with Crippen LogP contribution in [0.2, 0.25) is 0 Å². The third-order valence-corrected chi connectivity index (χ3v) is 3.60. The van der Waals surface area contributed by atoms with Gasteiger partial charge in [-0.05, 0) is 25.1 Å². The van der Waals surface area contributed by atoms with E-state index in [1.807, 2.05) is 24.3 Å². The number of hydrogen-bond donors (Lipinski definition) is 1. The Kier molecular flexibility index (Phi) is 4.03. The summed E-state index contributed by atoms with van der Waals surface area (Å²) in [6, 6.07) is 7.52. The van der Waals surface area contributed by atoms with Crippen molar-refractivity contribution >= 4 is 33.6 Å². The van der Waals surface area contributed by atoms with Crippen LogP contribution in [0, 0.1) is 0 Å². The van der Waals surface area contributed by atoms with E-state index in [1.165, 1.54) is 0 Å². The Labute approximate surface area is 116 Å². The number of thioether (sulfide) groups is 1. The molecular weight excluding hydrogens is 318 g/mol. The molecule has 7 heteroatoms. The molecule has 2 rings (SSSR count). The maximum atomic E-state index is 10.9. The van der Waals surface area contributed by atoms with Crippen molar-refractivity contribution in [2.75, 3.05) is 0 Å². The molecule has 0 saturated heterocycles. The summed E-state index contributed by atoms with van der Waals surface area (Å²) in [6.07, 6.45) is 0. The predicted molar refractivity (Wildman–Crippen MR) is 71.9 cm³/mol. The molecule has 0 radical (unpaired) electrons.